The average Bonchev–Trinajstić information content (AvgIpc) is 3.17. The first-order chi connectivity index (χ1) is 11.0. The van der Waals surface area contributed by atoms with E-state index in [-0.39, 0.29) is 17.9 Å². The van der Waals surface area contributed by atoms with Crippen LogP contribution in [0.5, 0.6) is 11.5 Å². The lowest BCUT2D eigenvalue weighted by Crippen LogP contribution is -2.07. The number of aromatic carboxylic acids is 1. The van der Waals surface area contributed by atoms with Gasteiger partial charge in [0.1, 0.15) is 29.4 Å². The number of rotatable bonds is 2. The van der Waals surface area contributed by atoms with Gasteiger partial charge in [-0.25, -0.2) is 4.79 Å². The van der Waals surface area contributed by atoms with E-state index in [1.807, 2.05) is 13.8 Å². The largest absolute Gasteiger partial charge is 0.489 e. The molecule has 0 radical (unpaired) electrons. The summed E-state index contributed by atoms with van der Waals surface area (Å²) in [5, 5.41) is 15.9. The minimum atomic E-state index is -1.03. The summed E-state index contributed by atoms with van der Waals surface area (Å²) >= 11 is 3.65. The van der Waals surface area contributed by atoms with Crippen molar-refractivity contribution in [2.24, 2.45) is 0 Å². The van der Waals surface area contributed by atoms with Crippen LogP contribution < -0.4 is 9.47 Å². The van der Waals surface area contributed by atoms with Crippen LogP contribution in [0.2, 0.25) is 0 Å². The Labute approximate surface area is 140 Å². The number of halogens is 1. The van der Waals surface area contributed by atoms with Crippen molar-refractivity contribution in [3.8, 4) is 22.8 Å². The van der Waals surface area contributed by atoms with Crippen LogP contribution in [0.25, 0.3) is 11.3 Å². The van der Waals surface area contributed by atoms with Crippen LogP contribution in [0, 0.1) is 0 Å². The molecule has 2 N–H and O–H groups in total. The van der Waals surface area contributed by atoms with E-state index in [0.717, 1.165) is 45.5 Å². The van der Waals surface area contributed by atoms with E-state index in [1.165, 1.54) is 0 Å². The van der Waals surface area contributed by atoms with E-state index in [2.05, 4.69) is 26.1 Å². The monoisotopic (exact) mass is 378 g/mol. The Morgan fingerprint density at radius 3 is 2.57 bits per heavy atom. The molecule has 2 aromatic rings. The van der Waals surface area contributed by atoms with Crippen LogP contribution in [-0.4, -0.2) is 33.5 Å². The quantitative estimate of drug-likeness (QED) is 0.837. The molecule has 0 aliphatic carbocycles. The van der Waals surface area contributed by atoms with Gasteiger partial charge in [-0.2, -0.15) is 5.10 Å². The first-order valence-electron chi connectivity index (χ1n) is 7.45. The number of ether oxygens (including phenoxy) is 2. The normalized spacial score (nSPS) is 21.5. The third-order valence-electron chi connectivity index (χ3n) is 4.23. The predicted molar refractivity (Wildman–Crippen MR) is 86.3 cm³/mol. The number of hydrogen-bond acceptors (Lipinski definition) is 4. The fraction of sp³-hybridized carbons (Fsp3) is 0.375. The third-order valence-corrected chi connectivity index (χ3v) is 5.07. The van der Waals surface area contributed by atoms with Crippen LogP contribution in [0.15, 0.2) is 10.5 Å². The second-order valence-electron chi connectivity index (χ2n) is 6.04. The Balaban J connectivity index is 1.97. The van der Waals surface area contributed by atoms with Crippen LogP contribution in [-0.2, 0) is 12.8 Å². The molecule has 0 saturated carbocycles. The fourth-order valence-corrected chi connectivity index (χ4v) is 3.97. The summed E-state index contributed by atoms with van der Waals surface area (Å²) in [5.41, 5.74) is 3.55. The molecule has 0 saturated heterocycles. The van der Waals surface area contributed by atoms with Crippen molar-refractivity contribution in [2.45, 2.75) is 38.9 Å². The molecule has 2 unspecified atom stereocenters. The molecule has 120 valence electrons. The Bertz CT molecular complexity index is 791. The first kappa shape index (κ1) is 14.6. The lowest BCUT2D eigenvalue weighted by atomic mass is 9.96. The van der Waals surface area contributed by atoms with Crippen LogP contribution in [0.3, 0.4) is 0 Å². The average molecular weight is 379 g/mol. The van der Waals surface area contributed by atoms with Gasteiger partial charge in [0.2, 0.25) is 0 Å². The molecule has 0 spiro atoms. The van der Waals surface area contributed by atoms with Crippen molar-refractivity contribution in [2.75, 3.05) is 0 Å². The number of carboxylic acid groups (broad SMARTS) is 1. The molecule has 0 fully saturated rings. The van der Waals surface area contributed by atoms with Crippen molar-refractivity contribution in [1.82, 2.24) is 10.2 Å². The van der Waals surface area contributed by atoms with Gasteiger partial charge in [0, 0.05) is 24.0 Å². The number of H-pyrrole nitrogens is 1. The minimum absolute atomic E-state index is 0.0587. The summed E-state index contributed by atoms with van der Waals surface area (Å²) < 4.78 is 12.9. The molecule has 1 aromatic heterocycles. The number of carboxylic acids is 1. The molecular weight excluding hydrogens is 364 g/mol. The Hall–Kier alpha value is -2.02. The summed E-state index contributed by atoms with van der Waals surface area (Å²) in [6.45, 7) is 4.02. The smallest absolute Gasteiger partial charge is 0.353 e. The molecule has 2 aliphatic heterocycles. The zero-order chi connectivity index (χ0) is 16.3. The minimum Gasteiger partial charge on any atom is -0.489 e. The summed E-state index contributed by atoms with van der Waals surface area (Å²) in [6.07, 6.45) is 1.66. The Kier molecular flexibility index (Phi) is 3.16. The maximum absolute atomic E-state index is 11.1. The summed E-state index contributed by atoms with van der Waals surface area (Å²) in [5.74, 6) is 0.571. The van der Waals surface area contributed by atoms with Gasteiger partial charge in [0.05, 0.1) is 15.7 Å². The van der Waals surface area contributed by atoms with Gasteiger partial charge in [-0.05, 0) is 35.8 Å². The summed E-state index contributed by atoms with van der Waals surface area (Å²) in [6, 6.07) is 1.54. The van der Waals surface area contributed by atoms with E-state index in [9.17, 15) is 4.79 Å². The molecule has 1 aromatic carbocycles. The van der Waals surface area contributed by atoms with Gasteiger partial charge < -0.3 is 14.6 Å². The number of aromatic nitrogens is 2. The molecule has 2 aliphatic rings. The Morgan fingerprint density at radius 2 is 1.91 bits per heavy atom. The summed E-state index contributed by atoms with van der Waals surface area (Å²) in [4.78, 5) is 11.1. The zero-order valence-electron chi connectivity index (χ0n) is 12.6. The van der Waals surface area contributed by atoms with E-state index < -0.39 is 5.97 Å². The van der Waals surface area contributed by atoms with Crippen molar-refractivity contribution >= 4 is 21.9 Å². The molecule has 3 heterocycles. The predicted octanol–water partition coefficient (Wildman–Crippen LogP) is 3.18. The highest BCUT2D eigenvalue weighted by Crippen LogP contribution is 2.52. The van der Waals surface area contributed by atoms with Crippen molar-refractivity contribution in [3.05, 3.63) is 27.4 Å². The van der Waals surface area contributed by atoms with Crippen LogP contribution in [0.1, 0.15) is 35.5 Å². The number of aromatic amines is 1. The molecule has 6 nitrogen and oxygen atoms in total. The van der Waals surface area contributed by atoms with Crippen LogP contribution >= 0.6 is 15.9 Å². The highest BCUT2D eigenvalue weighted by Gasteiger charge is 2.36. The second kappa shape index (κ2) is 4.99. The van der Waals surface area contributed by atoms with E-state index in [4.69, 9.17) is 14.6 Å². The van der Waals surface area contributed by atoms with E-state index in [0.29, 0.717) is 5.69 Å². The molecule has 7 heteroatoms. The van der Waals surface area contributed by atoms with Gasteiger partial charge in [-0.3, -0.25) is 5.10 Å². The summed E-state index contributed by atoms with van der Waals surface area (Å²) in [7, 11) is 0. The van der Waals surface area contributed by atoms with Crippen LogP contribution in [0.4, 0.5) is 0 Å². The van der Waals surface area contributed by atoms with E-state index >= 15 is 0 Å². The van der Waals surface area contributed by atoms with Gasteiger partial charge in [-0.1, -0.05) is 0 Å². The lowest BCUT2D eigenvalue weighted by molar-refractivity contribution is 0.0690. The van der Waals surface area contributed by atoms with Gasteiger partial charge >= 0.3 is 5.97 Å². The van der Waals surface area contributed by atoms with Crippen molar-refractivity contribution < 1.29 is 19.4 Å². The second-order valence-corrected chi connectivity index (χ2v) is 6.83. The number of hydrogen-bond donors (Lipinski definition) is 2. The fourth-order valence-electron chi connectivity index (χ4n) is 3.29. The third kappa shape index (κ3) is 2.14. The Morgan fingerprint density at radius 1 is 1.26 bits per heavy atom. The van der Waals surface area contributed by atoms with Gasteiger partial charge in [-0.15, -0.1) is 0 Å². The highest BCUT2D eigenvalue weighted by atomic mass is 79.9. The van der Waals surface area contributed by atoms with E-state index in [1.54, 1.807) is 6.07 Å². The SMILES string of the molecule is CC1Cc2c(c(Br)c3c(c2-c2cc(C(=O)O)[nH]n2)OC(C)C3)O1. The molecule has 23 heavy (non-hydrogen) atoms. The first-order valence-corrected chi connectivity index (χ1v) is 8.24. The molecule has 0 bridgehead atoms. The molecule has 4 rings (SSSR count). The molecular formula is C16H15BrN2O4. The highest BCUT2D eigenvalue weighted by molar-refractivity contribution is 9.10. The van der Waals surface area contributed by atoms with Crippen molar-refractivity contribution in [3.63, 3.8) is 0 Å². The maximum atomic E-state index is 11.1. The number of nitrogens with one attached hydrogen (secondary N) is 1. The number of nitrogens with zero attached hydrogens (tertiary/aromatic N) is 1. The number of benzene rings is 1. The molecule has 0 amide bonds. The number of carbonyl (C=O) groups is 1. The van der Waals surface area contributed by atoms with Crippen molar-refractivity contribution in [1.29, 1.82) is 0 Å². The zero-order valence-corrected chi connectivity index (χ0v) is 14.2. The number of fused-ring (bicyclic) bond motifs is 2. The van der Waals surface area contributed by atoms with Gasteiger partial charge in [0.15, 0.2) is 0 Å². The maximum Gasteiger partial charge on any atom is 0.353 e. The van der Waals surface area contributed by atoms with Gasteiger partial charge in [0.25, 0.3) is 0 Å². The lowest BCUT2D eigenvalue weighted by Gasteiger charge is -2.13. The molecule has 2 atom stereocenters. The standard InChI is InChI=1S/C16H15BrN2O4/c1-6-3-8-12(10-5-11(16(20)21)19-18-10)14-9(4-7(2)22-14)13(17)15(8)23-6/h5-7H,3-4H2,1-2H3,(H,18,19)(H,20,21). The topological polar surface area (TPSA) is 84.4 Å².